The van der Waals surface area contributed by atoms with Crippen molar-refractivity contribution < 1.29 is 70.9 Å². The van der Waals surface area contributed by atoms with Crippen LogP contribution in [0, 0.1) is 11.8 Å². The lowest BCUT2D eigenvalue weighted by molar-refractivity contribution is -0.413. The molecule has 18 heteroatoms. The van der Waals surface area contributed by atoms with Crippen LogP contribution in [-0.2, 0) is 72.4 Å². The molecule has 0 saturated carbocycles. The molecule has 6 saturated heterocycles. The van der Waals surface area contributed by atoms with Gasteiger partial charge in [0.2, 0.25) is 0 Å². The van der Waals surface area contributed by atoms with Gasteiger partial charge in [-0.1, -0.05) is 92.3 Å². The van der Waals surface area contributed by atoms with Crippen molar-refractivity contribution in [2.45, 2.75) is 323 Å². The number of benzene rings is 1. The van der Waals surface area contributed by atoms with Crippen LogP contribution in [0.15, 0.2) is 54.3 Å². The van der Waals surface area contributed by atoms with E-state index in [0.717, 1.165) is 49.0 Å². The van der Waals surface area contributed by atoms with Crippen LogP contribution < -0.4 is 0 Å². The van der Waals surface area contributed by atoms with Gasteiger partial charge in [0.1, 0.15) is 36.6 Å². The minimum Gasteiger partial charge on any atom is -0.495 e. The first-order valence-corrected chi connectivity index (χ1v) is 38.7. The van der Waals surface area contributed by atoms with Gasteiger partial charge in [-0.3, -0.25) is 4.79 Å². The molecule has 15 nitrogen and oxygen atoms in total. The molecule has 85 heavy (non-hydrogen) atoms. The van der Waals surface area contributed by atoms with Crippen molar-refractivity contribution in [3.05, 3.63) is 59.9 Å². The maximum Gasteiger partial charge on any atom is 0.308 e. The molecule has 0 amide bonds. The van der Waals surface area contributed by atoms with E-state index >= 15 is 0 Å². The van der Waals surface area contributed by atoms with Gasteiger partial charge in [-0.05, 0) is 137 Å². The van der Waals surface area contributed by atoms with Gasteiger partial charge < -0.3 is 66.1 Å². The summed E-state index contributed by atoms with van der Waals surface area (Å²) in [5.74, 6) is -2.50. The summed E-state index contributed by atoms with van der Waals surface area (Å²) in [7, 11) is -1.31. The summed E-state index contributed by atoms with van der Waals surface area (Å²) < 4.78 is 89.0. The zero-order valence-corrected chi connectivity index (χ0v) is 57.6. The van der Waals surface area contributed by atoms with Crippen LogP contribution in [0.4, 0.5) is 0 Å². The number of carbonyl (C=O) groups excluding carboxylic acids is 1. The largest absolute Gasteiger partial charge is 0.495 e. The summed E-state index contributed by atoms with van der Waals surface area (Å²) in [5, 5.41) is 11.8. The summed E-state index contributed by atoms with van der Waals surface area (Å²) in [5.41, 5.74) is 1.82. The number of hydrogen-bond acceptors (Lipinski definition) is 15. The second-order valence-electron chi connectivity index (χ2n) is 29.8. The molecule has 7 heterocycles. The Labute approximate surface area is 518 Å². The van der Waals surface area contributed by atoms with Crippen LogP contribution >= 0.6 is 11.6 Å². The number of hydrogen-bond donors (Lipinski definition) is 1. The Morgan fingerprint density at radius 1 is 0.765 bits per heavy atom. The van der Waals surface area contributed by atoms with Crippen LogP contribution in [0.1, 0.15) is 184 Å². The summed E-state index contributed by atoms with van der Waals surface area (Å²) in [6, 6.07) is 10.1. The van der Waals surface area contributed by atoms with Gasteiger partial charge in [0.15, 0.2) is 34.0 Å². The number of esters is 1. The van der Waals surface area contributed by atoms with Gasteiger partial charge >= 0.3 is 5.97 Å². The highest BCUT2D eigenvalue weighted by Crippen LogP contribution is 2.54. The molecule has 7 aliphatic rings. The topological polar surface area (TPSA) is 157 Å². The zero-order chi connectivity index (χ0) is 61.9. The van der Waals surface area contributed by atoms with Gasteiger partial charge in [0.25, 0.3) is 0 Å². The molecule has 6 fully saturated rings. The second kappa shape index (κ2) is 28.4. The van der Waals surface area contributed by atoms with Crippen LogP contribution in [0.25, 0.3) is 0 Å². The fraction of sp³-hybridized carbons (Fsp3) is 0.836. The first-order valence-electron chi connectivity index (χ1n) is 32.5. The first-order chi connectivity index (χ1) is 39.8. The van der Waals surface area contributed by atoms with E-state index in [-0.39, 0.29) is 64.8 Å². The summed E-state index contributed by atoms with van der Waals surface area (Å²) in [4.78, 5) is 14.6. The Bertz CT molecular complexity index is 2360. The molecule has 0 unspecified atom stereocenters. The quantitative estimate of drug-likeness (QED) is 0.0733. The highest BCUT2D eigenvalue weighted by Gasteiger charge is 2.62. The SMILES string of the molecule is C=C1CC[C@H]2O[C@@]3(CC[C@H](C)[C@@]4(C[C@H](OC(=O)C[C@H]5CCC[C@@H](C[C@@H](O[Si](C)(C)C(C)(C)C)C[C@H](O[Si](C)(C)C(C)(C)C)C[C@H]6OC(=CC[C@@H]6C)CC[C@H](OC)[C@H](O)[C@H]6OC(C)(C)O[C@@H]16)O5)[C@H](CCOCc1ccccc1)O4)O3)C[C@@H](OC)[C@@H]2Cl. The predicted molar refractivity (Wildman–Crippen MR) is 335 cm³/mol. The molecule has 0 aliphatic carbocycles. The third kappa shape index (κ3) is 17.4. The number of ether oxygens (including phenoxy) is 11. The molecule has 1 aromatic rings. The summed E-state index contributed by atoms with van der Waals surface area (Å²) in [6.45, 7) is 36.7. The van der Waals surface area contributed by atoms with E-state index in [4.69, 9.17) is 72.6 Å². The monoisotopic (exact) mass is 1250 g/mol. The van der Waals surface area contributed by atoms with Crippen LogP contribution in [-0.4, -0.2) is 151 Å². The Morgan fingerprint density at radius 3 is 2.11 bits per heavy atom. The van der Waals surface area contributed by atoms with E-state index in [1.54, 1.807) is 14.2 Å². The smallest absolute Gasteiger partial charge is 0.308 e. The lowest BCUT2D eigenvalue weighted by Crippen LogP contribution is -2.61. The minimum absolute atomic E-state index is 0.0286. The maximum atomic E-state index is 14.6. The molecule has 18 atom stereocenters. The number of methoxy groups -OCH3 is 2. The van der Waals surface area contributed by atoms with Crippen molar-refractivity contribution in [1.82, 2.24) is 0 Å². The minimum atomic E-state index is -2.32. The van der Waals surface area contributed by atoms with Crippen molar-refractivity contribution in [3.8, 4) is 0 Å². The van der Waals surface area contributed by atoms with E-state index in [1.807, 2.05) is 44.2 Å². The summed E-state index contributed by atoms with van der Waals surface area (Å²) >= 11 is 7.33. The van der Waals surface area contributed by atoms with Crippen molar-refractivity contribution >= 4 is 34.2 Å². The van der Waals surface area contributed by atoms with Crippen LogP contribution in [0.3, 0.4) is 0 Å². The fourth-order valence-corrected chi connectivity index (χ4v) is 16.6. The third-order valence-corrected chi connectivity index (χ3v) is 30.3. The van der Waals surface area contributed by atoms with E-state index < -0.39 is 88.2 Å². The average molecular weight is 1250 g/mol. The average Bonchev–Trinajstić information content (AvgIpc) is 2.53. The Morgan fingerprint density at radius 2 is 1.44 bits per heavy atom. The van der Waals surface area contributed by atoms with Gasteiger partial charge in [-0.15, -0.1) is 11.6 Å². The molecule has 8 bridgehead atoms. The van der Waals surface area contributed by atoms with Crippen LogP contribution in [0.2, 0.25) is 36.3 Å². The Balaban J connectivity index is 1.11. The van der Waals surface area contributed by atoms with E-state index in [1.165, 1.54) is 0 Å². The number of carbonyl (C=O) groups is 1. The van der Waals surface area contributed by atoms with Gasteiger partial charge in [0.05, 0.1) is 60.8 Å². The van der Waals surface area contributed by atoms with Gasteiger partial charge in [0, 0.05) is 71.4 Å². The van der Waals surface area contributed by atoms with Crippen molar-refractivity contribution in [3.63, 3.8) is 0 Å². The first kappa shape index (κ1) is 69.1. The molecule has 1 aromatic carbocycles. The van der Waals surface area contributed by atoms with Crippen molar-refractivity contribution in [2.75, 3.05) is 20.8 Å². The van der Waals surface area contributed by atoms with E-state index in [2.05, 4.69) is 94.2 Å². The van der Waals surface area contributed by atoms with Crippen molar-refractivity contribution in [2.24, 2.45) is 11.8 Å². The maximum absolute atomic E-state index is 14.6. The molecule has 2 spiro atoms. The molecular formula is C67H111ClO15Si2. The molecular weight excluding hydrogens is 1140 g/mol. The summed E-state index contributed by atoms with van der Waals surface area (Å²) in [6.07, 6.45) is 6.34. The number of aliphatic hydroxyl groups is 1. The van der Waals surface area contributed by atoms with Gasteiger partial charge in [-0.2, -0.15) is 0 Å². The standard InChI is InChI=1S/C67H111ClO15Si2/c1-43-26-28-47-29-31-54(71-12)60(70)62-61(79-65(10,11)80-62)44(2)27-30-53-59(68)57(72-13)40-66(77-53)34-32-45(3)67(83-66)41-56(52(78-67)33-35-73-42-46-22-19-18-20-23-46)76-58(69)39-49-25-21-24-48(74-49)36-50(81-84(14,15)63(4,5)6)37-51(38-55(43)75-47)82-85(16,17)64(7,8)9/h18-20,22-23,28,43,45,48-57,59-62,70H,2,21,24-27,29-42H2,1,3-17H3/t43-,45-,48-,49+,50+,51-,52-,53+,54-,55+,56-,57+,59+,60-,61-,62+,66+,67+/m0/s1. The molecule has 1 N–H and O–H groups in total. The number of rotatable bonds is 11. The van der Waals surface area contributed by atoms with E-state index in [0.29, 0.717) is 83.8 Å². The van der Waals surface area contributed by atoms with E-state index in [9.17, 15) is 9.90 Å². The Kier molecular flexibility index (Phi) is 23.1. The lowest BCUT2D eigenvalue weighted by Gasteiger charge is -2.54. The fourth-order valence-electron chi connectivity index (χ4n) is 13.5. The third-order valence-electron chi connectivity index (χ3n) is 20.7. The highest BCUT2D eigenvalue weighted by atomic mass is 35.5. The molecule has 8 rings (SSSR count). The zero-order valence-electron chi connectivity index (χ0n) is 54.9. The number of allylic oxidation sites excluding steroid dienone is 2. The predicted octanol–water partition coefficient (Wildman–Crippen LogP) is 14.2. The normalized spacial score (nSPS) is 38.8. The number of halogens is 1. The number of fused-ring (bicyclic) bond motifs is 7. The number of aliphatic hydroxyl groups excluding tert-OH is 1. The van der Waals surface area contributed by atoms with Crippen molar-refractivity contribution in [1.29, 1.82) is 0 Å². The highest BCUT2D eigenvalue weighted by molar-refractivity contribution is 6.74. The second-order valence-corrected chi connectivity index (χ2v) is 39.9. The molecule has 0 aromatic heterocycles. The lowest BCUT2D eigenvalue weighted by atomic mass is 9.82. The Hall–Kier alpha value is -1.79. The number of alkyl halides is 1. The molecule has 7 aliphatic heterocycles. The van der Waals surface area contributed by atoms with Crippen LogP contribution in [0.5, 0.6) is 0 Å². The molecule has 484 valence electrons. The van der Waals surface area contributed by atoms with Gasteiger partial charge in [-0.25, -0.2) is 0 Å². The molecule has 0 radical (unpaired) electrons.